The van der Waals surface area contributed by atoms with E-state index in [9.17, 15) is 17.6 Å². The fourth-order valence-corrected chi connectivity index (χ4v) is 4.11. The van der Waals surface area contributed by atoms with Crippen molar-refractivity contribution in [2.24, 2.45) is 0 Å². The minimum Gasteiger partial charge on any atom is -0.346 e. The molecule has 0 saturated carbocycles. The molecule has 1 atom stereocenters. The van der Waals surface area contributed by atoms with Gasteiger partial charge in [0.1, 0.15) is 5.82 Å². The summed E-state index contributed by atoms with van der Waals surface area (Å²) in [6.07, 6.45) is 1.17. The number of hydrogen-bond donors (Lipinski definition) is 1. The lowest BCUT2D eigenvalue weighted by molar-refractivity contribution is 0.0940. The topological polar surface area (TPSA) is 66.5 Å². The summed E-state index contributed by atoms with van der Waals surface area (Å²) < 4.78 is 39.1. The fraction of sp³-hybridized carbons (Fsp3) is 0.208. The van der Waals surface area contributed by atoms with E-state index in [1.54, 1.807) is 42.5 Å². The number of nitrogens with one attached hydrogen (secondary N) is 1. The van der Waals surface area contributed by atoms with Gasteiger partial charge in [-0.2, -0.15) is 0 Å². The number of nitrogens with zero attached hydrogens (tertiary/aromatic N) is 1. The molecule has 0 radical (unpaired) electrons. The number of amides is 1. The van der Waals surface area contributed by atoms with E-state index < -0.39 is 10.0 Å². The van der Waals surface area contributed by atoms with Crippen molar-refractivity contribution in [3.8, 4) is 0 Å². The van der Waals surface area contributed by atoms with E-state index in [1.165, 1.54) is 22.7 Å². The van der Waals surface area contributed by atoms with Gasteiger partial charge in [-0.3, -0.25) is 9.10 Å². The van der Waals surface area contributed by atoms with Gasteiger partial charge in [0.15, 0.2) is 0 Å². The Morgan fingerprint density at radius 1 is 1.03 bits per heavy atom. The van der Waals surface area contributed by atoms with Gasteiger partial charge >= 0.3 is 0 Å². The third-order valence-corrected chi connectivity index (χ3v) is 6.09. The summed E-state index contributed by atoms with van der Waals surface area (Å²) in [5.41, 5.74) is 3.58. The third kappa shape index (κ3) is 5.92. The number of aryl methyl sites for hydroxylation is 1. The lowest BCUT2D eigenvalue weighted by atomic mass is 10.1. The standard InChI is InChI=1S/C24H25FN2O3S/c1-17-5-4-6-23(15-17)27(31(3,29)30)16-19-7-9-21(10-8-19)24(28)26-18(2)20-11-13-22(25)14-12-20/h4-15,18H,16H2,1-3H3,(H,26,28)/t18-/m1/s1. The monoisotopic (exact) mass is 440 g/mol. The van der Waals surface area contributed by atoms with Crippen molar-refractivity contribution >= 4 is 21.6 Å². The molecule has 162 valence electrons. The van der Waals surface area contributed by atoms with Crippen LogP contribution in [0.1, 0.15) is 40.0 Å². The average molecular weight is 441 g/mol. The number of carbonyl (C=O) groups is 1. The number of halogens is 1. The molecular weight excluding hydrogens is 415 g/mol. The van der Waals surface area contributed by atoms with Crippen molar-refractivity contribution in [3.05, 3.63) is 101 Å². The van der Waals surface area contributed by atoms with Crippen molar-refractivity contribution in [2.75, 3.05) is 10.6 Å². The number of carbonyl (C=O) groups excluding carboxylic acids is 1. The predicted octanol–water partition coefficient (Wildman–Crippen LogP) is 4.59. The van der Waals surface area contributed by atoms with E-state index in [0.29, 0.717) is 11.3 Å². The highest BCUT2D eigenvalue weighted by Gasteiger charge is 2.18. The van der Waals surface area contributed by atoms with Gasteiger partial charge < -0.3 is 5.32 Å². The molecule has 0 fully saturated rings. The van der Waals surface area contributed by atoms with Crippen LogP contribution in [-0.2, 0) is 16.6 Å². The maximum atomic E-state index is 13.1. The van der Waals surface area contributed by atoms with Gasteiger partial charge in [0.05, 0.1) is 24.5 Å². The van der Waals surface area contributed by atoms with E-state index in [-0.39, 0.29) is 24.3 Å². The lowest BCUT2D eigenvalue weighted by Gasteiger charge is -2.23. The van der Waals surface area contributed by atoms with Crippen LogP contribution in [0, 0.1) is 12.7 Å². The van der Waals surface area contributed by atoms with Crippen LogP contribution in [0.15, 0.2) is 72.8 Å². The fourth-order valence-electron chi connectivity index (χ4n) is 3.23. The van der Waals surface area contributed by atoms with Crippen molar-refractivity contribution in [3.63, 3.8) is 0 Å². The predicted molar refractivity (Wildman–Crippen MR) is 121 cm³/mol. The molecule has 0 spiro atoms. The molecule has 0 aromatic heterocycles. The second-order valence-electron chi connectivity index (χ2n) is 7.55. The Balaban J connectivity index is 1.72. The van der Waals surface area contributed by atoms with Crippen LogP contribution in [0.4, 0.5) is 10.1 Å². The first-order valence-corrected chi connectivity index (χ1v) is 11.7. The summed E-state index contributed by atoms with van der Waals surface area (Å²) in [6.45, 7) is 3.89. The molecule has 3 rings (SSSR count). The van der Waals surface area contributed by atoms with Crippen molar-refractivity contribution in [2.45, 2.75) is 26.4 Å². The molecule has 5 nitrogen and oxygen atoms in total. The Morgan fingerprint density at radius 2 is 1.68 bits per heavy atom. The van der Waals surface area contributed by atoms with E-state index in [2.05, 4.69) is 5.32 Å². The van der Waals surface area contributed by atoms with Crippen LogP contribution in [0.25, 0.3) is 0 Å². The van der Waals surface area contributed by atoms with Gasteiger partial charge in [-0.1, -0.05) is 36.4 Å². The molecule has 31 heavy (non-hydrogen) atoms. The van der Waals surface area contributed by atoms with Crippen LogP contribution in [0.5, 0.6) is 0 Å². The summed E-state index contributed by atoms with van der Waals surface area (Å²) in [4.78, 5) is 12.6. The number of hydrogen-bond acceptors (Lipinski definition) is 3. The quantitative estimate of drug-likeness (QED) is 0.584. The largest absolute Gasteiger partial charge is 0.346 e. The number of benzene rings is 3. The molecular formula is C24H25FN2O3S. The van der Waals surface area contributed by atoms with Crippen molar-refractivity contribution in [1.82, 2.24) is 5.32 Å². The average Bonchev–Trinajstić information content (AvgIpc) is 2.72. The minimum absolute atomic E-state index is 0.163. The highest BCUT2D eigenvalue weighted by atomic mass is 32.2. The van der Waals surface area contributed by atoms with Gasteiger partial charge in [0.25, 0.3) is 5.91 Å². The number of sulfonamides is 1. The van der Waals surface area contributed by atoms with E-state index in [1.807, 2.05) is 32.0 Å². The Labute approximate surface area is 182 Å². The van der Waals surface area contributed by atoms with Gasteiger partial charge in [0.2, 0.25) is 10.0 Å². The normalized spacial score (nSPS) is 12.3. The Hall–Kier alpha value is -3.19. The molecule has 0 aliphatic heterocycles. The molecule has 0 bridgehead atoms. The van der Waals surface area contributed by atoms with Gasteiger partial charge in [0, 0.05) is 5.56 Å². The van der Waals surface area contributed by atoms with Gasteiger partial charge in [-0.05, 0) is 66.9 Å². The molecule has 7 heteroatoms. The zero-order valence-corrected chi connectivity index (χ0v) is 18.5. The highest BCUT2D eigenvalue weighted by molar-refractivity contribution is 7.92. The zero-order chi connectivity index (χ0) is 22.6. The van der Waals surface area contributed by atoms with Crippen LogP contribution < -0.4 is 9.62 Å². The smallest absolute Gasteiger partial charge is 0.251 e. The van der Waals surface area contributed by atoms with Gasteiger partial charge in [-0.15, -0.1) is 0 Å². The molecule has 3 aromatic rings. The van der Waals surface area contributed by atoms with E-state index in [0.717, 1.165) is 16.7 Å². The third-order valence-electron chi connectivity index (χ3n) is 4.95. The second kappa shape index (κ2) is 9.31. The van der Waals surface area contributed by atoms with Crippen LogP contribution in [0.3, 0.4) is 0 Å². The van der Waals surface area contributed by atoms with Crippen molar-refractivity contribution in [1.29, 1.82) is 0 Å². The molecule has 0 unspecified atom stereocenters. The van der Waals surface area contributed by atoms with Crippen LogP contribution in [-0.4, -0.2) is 20.6 Å². The first kappa shape index (κ1) is 22.5. The molecule has 0 aliphatic rings. The second-order valence-corrected chi connectivity index (χ2v) is 9.46. The summed E-state index contributed by atoms with van der Waals surface area (Å²) in [5, 5.41) is 2.88. The first-order valence-electron chi connectivity index (χ1n) is 9.83. The summed E-state index contributed by atoms with van der Waals surface area (Å²) in [7, 11) is -3.48. The summed E-state index contributed by atoms with van der Waals surface area (Å²) in [6, 6.07) is 19.8. The Bertz CT molecular complexity index is 1160. The number of rotatable bonds is 7. The first-order chi connectivity index (χ1) is 14.6. The number of anilines is 1. The Morgan fingerprint density at radius 3 is 2.26 bits per heavy atom. The maximum Gasteiger partial charge on any atom is 0.251 e. The highest BCUT2D eigenvalue weighted by Crippen LogP contribution is 2.22. The summed E-state index contributed by atoms with van der Waals surface area (Å²) in [5.74, 6) is -0.589. The van der Waals surface area contributed by atoms with Crippen molar-refractivity contribution < 1.29 is 17.6 Å². The van der Waals surface area contributed by atoms with Gasteiger partial charge in [-0.25, -0.2) is 12.8 Å². The SMILES string of the molecule is Cc1cccc(N(Cc2ccc(C(=O)N[C@H](C)c3ccc(F)cc3)cc2)S(C)(=O)=O)c1. The molecule has 1 amide bonds. The molecule has 0 heterocycles. The lowest BCUT2D eigenvalue weighted by Crippen LogP contribution is -2.29. The summed E-state index contributed by atoms with van der Waals surface area (Å²) >= 11 is 0. The van der Waals surface area contributed by atoms with E-state index >= 15 is 0 Å². The van der Waals surface area contributed by atoms with Crippen LogP contribution >= 0.6 is 0 Å². The molecule has 0 saturated heterocycles. The maximum absolute atomic E-state index is 13.1. The Kier molecular flexibility index (Phi) is 6.75. The van der Waals surface area contributed by atoms with Crippen LogP contribution in [0.2, 0.25) is 0 Å². The molecule has 0 aliphatic carbocycles. The minimum atomic E-state index is -3.48. The molecule has 1 N–H and O–H groups in total. The molecule has 3 aromatic carbocycles. The van der Waals surface area contributed by atoms with E-state index in [4.69, 9.17) is 0 Å². The zero-order valence-electron chi connectivity index (χ0n) is 17.7.